The number of hydrogen-bond acceptors (Lipinski definition) is 6. The number of rotatable bonds is 8. The summed E-state index contributed by atoms with van der Waals surface area (Å²) < 4.78 is 8.15. The van der Waals surface area contributed by atoms with E-state index in [0.717, 1.165) is 65.2 Å². The smallest absolute Gasteiger partial charge is 0.223 e. The molecule has 0 spiro atoms. The minimum absolute atomic E-state index is 0.00352. The van der Waals surface area contributed by atoms with E-state index in [1.54, 1.807) is 18.6 Å². The van der Waals surface area contributed by atoms with Gasteiger partial charge in [0.2, 0.25) is 5.91 Å². The van der Waals surface area contributed by atoms with Crippen molar-refractivity contribution < 1.29 is 9.53 Å². The highest BCUT2D eigenvalue weighted by Gasteiger charge is 2.30. The van der Waals surface area contributed by atoms with Crippen LogP contribution < -0.4 is 15.8 Å². The predicted molar refractivity (Wildman–Crippen MR) is 154 cm³/mol. The zero-order chi connectivity index (χ0) is 27.3. The maximum Gasteiger partial charge on any atom is 0.223 e. The topological polar surface area (TPSA) is 107 Å². The number of imidazole rings is 1. The molecule has 8 nitrogen and oxygen atoms in total. The molecule has 1 aliphatic rings. The summed E-state index contributed by atoms with van der Waals surface area (Å²) in [5, 5.41) is 3.08. The molecule has 0 saturated heterocycles. The van der Waals surface area contributed by atoms with Crippen LogP contribution in [-0.2, 0) is 17.9 Å². The molecule has 0 atom stereocenters. The first kappa shape index (κ1) is 25.6. The number of benzene rings is 2. The molecule has 1 fully saturated rings. The Balaban J connectivity index is 1.19. The van der Waals surface area contributed by atoms with Crippen molar-refractivity contribution >= 4 is 17.2 Å². The lowest BCUT2D eigenvalue weighted by Crippen LogP contribution is -2.32. The number of carbonyl (C=O) groups excluding carboxylic acids is 1. The standard InChI is InChI=1S/C32H32N6O2/c33-30-29-28(26-9-4-10-27(18-26)40-21-22-6-2-1-3-7-22)37-31(38(29)17-16-35-30)24-11-13-25(14-12-24)32(39)36-20-23-8-5-15-34-19-23/h1-10,15-19,24-25H,11-14,20-21H2,(H2,33,35)(H,36,39). The summed E-state index contributed by atoms with van der Waals surface area (Å²) in [4.78, 5) is 26.5. The largest absolute Gasteiger partial charge is 0.489 e. The van der Waals surface area contributed by atoms with Gasteiger partial charge in [0.1, 0.15) is 35.2 Å². The summed E-state index contributed by atoms with van der Waals surface area (Å²) in [6.07, 6.45) is 10.6. The molecule has 0 bridgehead atoms. The van der Waals surface area contributed by atoms with Gasteiger partial charge in [0, 0.05) is 48.7 Å². The lowest BCUT2D eigenvalue weighted by molar-refractivity contribution is -0.126. The molecular formula is C32H32N6O2. The van der Waals surface area contributed by atoms with E-state index >= 15 is 0 Å². The van der Waals surface area contributed by atoms with Gasteiger partial charge in [0.25, 0.3) is 0 Å². The van der Waals surface area contributed by atoms with Crippen LogP contribution in [0.1, 0.15) is 48.6 Å². The van der Waals surface area contributed by atoms with Gasteiger partial charge in [0.05, 0.1) is 0 Å². The highest BCUT2D eigenvalue weighted by atomic mass is 16.5. The van der Waals surface area contributed by atoms with Gasteiger partial charge in [-0.1, -0.05) is 48.5 Å². The van der Waals surface area contributed by atoms with Crippen LogP contribution in [-0.4, -0.2) is 25.3 Å². The number of nitrogens with two attached hydrogens (primary N) is 1. The molecule has 3 heterocycles. The van der Waals surface area contributed by atoms with E-state index in [2.05, 4.69) is 19.7 Å². The van der Waals surface area contributed by atoms with E-state index in [0.29, 0.717) is 19.0 Å². The lowest BCUT2D eigenvalue weighted by Gasteiger charge is -2.27. The molecule has 1 saturated carbocycles. The second-order valence-corrected chi connectivity index (χ2v) is 10.3. The van der Waals surface area contributed by atoms with Gasteiger partial charge < -0.3 is 15.8 Å². The Hall–Kier alpha value is -4.72. The van der Waals surface area contributed by atoms with E-state index in [1.807, 2.05) is 72.9 Å². The molecule has 3 N–H and O–H groups in total. The van der Waals surface area contributed by atoms with Crippen LogP contribution in [0, 0.1) is 5.92 Å². The highest BCUT2D eigenvalue weighted by molar-refractivity contribution is 5.85. The zero-order valence-electron chi connectivity index (χ0n) is 22.2. The average molecular weight is 533 g/mol. The third-order valence-corrected chi connectivity index (χ3v) is 7.62. The number of ether oxygens (including phenoxy) is 1. The fourth-order valence-electron chi connectivity index (χ4n) is 5.50. The molecular weight excluding hydrogens is 500 g/mol. The summed E-state index contributed by atoms with van der Waals surface area (Å²) in [5.41, 5.74) is 11.0. The number of nitrogens with one attached hydrogen (secondary N) is 1. The van der Waals surface area contributed by atoms with Gasteiger partial charge in [-0.05, 0) is 55.0 Å². The fraction of sp³-hybridized carbons (Fsp3) is 0.250. The molecule has 2 aromatic carbocycles. The Morgan fingerprint density at radius 1 is 0.975 bits per heavy atom. The van der Waals surface area contributed by atoms with Gasteiger partial charge >= 0.3 is 0 Å². The Kier molecular flexibility index (Phi) is 7.39. The maximum absolute atomic E-state index is 12.8. The molecule has 8 heteroatoms. The van der Waals surface area contributed by atoms with Gasteiger partial charge in [0.15, 0.2) is 0 Å². The minimum Gasteiger partial charge on any atom is -0.489 e. The van der Waals surface area contributed by atoms with Crippen LogP contribution in [0.25, 0.3) is 16.8 Å². The monoisotopic (exact) mass is 532 g/mol. The summed E-state index contributed by atoms with van der Waals surface area (Å²) >= 11 is 0. The first-order valence-electron chi connectivity index (χ1n) is 13.7. The van der Waals surface area contributed by atoms with Crippen molar-refractivity contribution in [2.75, 3.05) is 5.73 Å². The van der Waals surface area contributed by atoms with E-state index in [4.69, 9.17) is 15.5 Å². The third-order valence-electron chi connectivity index (χ3n) is 7.62. The summed E-state index contributed by atoms with van der Waals surface area (Å²) in [5.74, 6) is 2.51. The maximum atomic E-state index is 12.8. The number of aromatic nitrogens is 4. The Morgan fingerprint density at radius 3 is 2.60 bits per heavy atom. The number of carbonyl (C=O) groups is 1. The molecule has 0 aliphatic heterocycles. The van der Waals surface area contributed by atoms with E-state index < -0.39 is 0 Å². The van der Waals surface area contributed by atoms with Crippen molar-refractivity contribution in [2.45, 2.75) is 44.8 Å². The van der Waals surface area contributed by atoms with Crippen LogP contribution in [0.3, 0.4) is 0 Å². The molecule has 6 rings (SSSR count). The number of nitrogen functional groups attached to an aromatic ring is 1. The number of fused-ring (bicyclic) bond motifs is 1. The second kappa shape index (κ2) is 11.6. The van der Waals surface area contributed by atoms with Crippen LogP contribution in [0.4, 0.5) is 5.82 Å². The van der Waals surface area contributed by atoms with Gasteiger partial charge in [-0.2, -0.15) is 0 Å². The van der Waals surface area contributed by atoms with Gasteiger partial charge in [-0.15, -0.1) is 0 Å². The normalized spacial score (nSPS) is 17.0. The quantitative estimate of drug-likeness (QED) is 0.272. The molecule has 3 aromatic heterocycles. The molecule has 5 aromatic rings. The lowest BCUT2D eigenvalue weighted by atomic mass is 9.81. The minimum atomic E-state index is 0.00352. The summed E-state index contributed by atoms with van der Waals surface area (Å²) in [6.45, 7) is 0.990. The highest BCUT2D eigenvalue weighted by Crippen LogP contribution is 2.39. The van der Waals surface area contributed by atoms with Crippen molar-refractivity contribution in [3.05, 3.63) is 108 Å². The first-order chi connectivity index (χ1) is 19.7. The fourth-order valence-corrected chi connectivity index (χ4v) is 5.50. The Morgan fingerprint density at radius 2 is 1.80 bits per heavy atom. The predicted octanol–water partition coefficient (Wildman–Crippen LogP) is 5.54. The van der Waals surface area contributed by atoms with Crippen molar-refractivity contribution in [3.63, 3.8) is 0 Å². The molecule has 1 aliphatic carbocycles. The molecule has 0 radical (unpaired) electrons. The van der Waals surface area contributed by atoms with Crippen molar-refractivity contribution in [1.82, 2.24) is 24.7 Å². The molecule has 40 heavy (non-hydrogen) atoms. The average Bonchev–Trinajstić information content (AvgIpc) is 3.41. The van der Waals surface area contributed by atoms with E-state index in [9.17, 15) is 4.79 Å². The second-order valence-electron chi connectivity index (χ2n) is 10.3. The third kappa shape index (κ3) is 5.52. The first-order valence-corrected chi connectivity index (χ1v) is 13.7. The summed E-state index contributed by atoms with van der Waals surface area (Å²) in [7, 11) is 0. The SMILES string of the molecule is Nc1nccn2c(C3CCC(C(=O)NCc4cccnc4)CC3)nc(-c3cccc(OCc4ccccc4)c3)c12. The number of anilines is 1. The number of amides is 1. The zero-order valence-corrected chi connectivity index (χ0v) is 22.2. The number of pyridine rings is 1. The van der Waals surface area contributed by atoms with Crippen LogP contribution >= 0.6 is 0 Å². The number of hydrogen-bond donors (Lipinski definition) is 2. The van der Waals surface area contributed by atoms with Gasteiger partial charge in [-0.3, -0.25) is 14.2 Å². The van der Waals surface area contributed by atoms with Crippen LogP contribution in [0.2, 0.25) is 0 Å². The van der Waals surface area contributed by atoms with E-state index in [-0.39, 0.29) is 17.7 Å². The van der Waals surface area contributed by atoms with E-state index in [1.165, 1.54) is 0 Å². The van der Waals surface area contributed by atoms with Crippen molar-refractivity contribution in [3.8, 4) is 17.0 Å². The van der Waals surface area contributed by atoms with Crippen molar-refractivity contribution in [2.24, 2.45) is 5.92 Å². The number of nitrogens with zero attached hydrogens (tertiary/aromatic N) is 4. The summed E-state index contributed by atoms with van der Waals surface area (Å²) in [6, 6.07) is 21.9. The van der Waals surface area contributed by atoms with Crippen molar-refractivity contribution in [1.29, 1.82) is 0 Å². The Labute approximate surface area is 233 Å². The van der Waals surface area contributed by atoms with Gasteiger partial charge in [-0.25, -0.2) is 9.97 Å². The van der Waals surface area contributed by atoms with Crippen LogP contribution in [0.15, 0.2) is 91.5 Å². The Bertz CT molecular complexity index is 1590. The molecule has 202 valence electrons. The van der Waals surface area contributed by atoms with Crippen LogP contribution in [0.5, 0.6) is 5.75 Å². The molecule has 0 unspecified atom stereocenters. The molecule has 1 amide bonds.